The molecule has 0 aliphatic carbocycles. The third-order valence-corrected chi connectivity index (χ3v) is 7.70. The number of sulfone groups is 1. The molecule has 0 radical (unpaired) electrons. The largest absolute Gasteiger partial charge is 0.324 e. The van der Waals surface area contributed by atoms with E-state index in [-0.39, 0.29) is 27.5 Å². The lowest BCUT2D eigenvalue weighted by atomic mass is 9.90. The van der Waals surface area contributed by atoms with E-state index in [9.17, 15) is 22.0 Å². The second kappa shape index (κ2) is 6.79. The summed E-state index contributed by atoms with van der Waals surface area (Å²) in [4.78, 5) is 12.8. The number of nitrogens with one attached hydrogen (secondary N) is 1. The molecule has 1 amide bonds. The Labute approximate surface area is 164 Å². The molecule has 0 saturated carbocycles. The van der Waals surface area contributed by atoms with Gasteiger partial charge in [-0.2, -0.15) is 0 Å². The van der Waals surface area contributed by atoms with Crippen molar-refractivity contribution in [3.8, 4) is 0 Å². The summed E-state index contributed by atoms with van der Waals surface area (Å²) in [5, 5.41) is 4.05. The van der Waals surface area contributed by atoms with Crippen LogP contribution in [0.15, 0.2) is 57.6 Å². The monoisotopic (exact) mass is 419 g/mol. The SMILES string of the molecule is Cc1cccc(S(=O)(=O)c2csc3c2NC(=O)C[C@@H]3c2cc(F)ccc2F)c1. The maximum absolute atomic E-state index is 14.3. The summed E-state index contributed by atoms with van der Waals surface area (Å²) in [7, 11) is -3.88. The molecule has 2 heterocycles. The number of rotatable bonds is 3. The Morgan fingerprint density at radius 2 is 1.93 bits per heavy atom. The quantitative estimate of drug-likeness (QED) is 0.673. The normalized spacial score (nSPS) is 16.5. The van der Waals surface area contributed by atoms with Gasteiger partial charge in [0.25, 0.3) is 0 Å². The fraction of sp³-hybridized carbons (Fsp3) is 0.150. The molecule has 4 nitrogen and oxygen atoms in total. The Kier molecular flexibility index (Phi) is 4.55. The molecule has 0 saturated heterocycles. The number of benzene rings is 2. The third-order valence-electron chi connectivity index (χ3n) is 4.68. The standard InChI is InChI=1S/C20H15F2NO3S2/c1-11-3-2-4-13(7-11)28(25,26)17-10-27-20-15(9-18(24)23-19(17)20)14-8-12(21)5-6-16(14)22/h2-8,10,15H,9H2,1H3,(H,23,24)/t15-/m1/s1. The van der Waals surface area contributed by atoms with Crippen molar-refractivity contribution >= 4 is 32.8 Å². The zero-order valence-corrected chi connectivity index (χ0v) is 16.3. The van der Waals surface area contributed by atoms with Crippen molar-refractivity contribution in [2.75, 3.05) is 5.32 Å². The number of carbonyl (C=O) groups excluding carboxylic acids is 1. The van der Waals surface area contributed by atoms with E-state index in [0.29, 0.717) is 4.88 Å². The van der Waals surface area contributed by atoms with Gasteiger partial charge in [0.2, 0.25) is 15.7 Å². The molecule has 1 aliphatic heterocycles. The number of carbonyl (C=O) groups is 1. The maximum atomic E-state index is 14.3. The molecular weight excluding hydrogens is 404 g/mol. The van der Waals surface area contributed by atoms with Gasteiger partial charge < -0.3 is 5.32 Å². The number of fused-ring (bicyclic) bond motifs is 1. The van der Waals surface area contributed by atoms with E-state index in [0.717, 1.165) is 35.1 Å². The fourth-order valence-electron chi connectivity index (χ4n) is 3.34. The van der Waals surface area contributed by atoms with Gasteiger partial charge in [-0.1, -0.05) is 12.1 Å². The van der Waals surface area contributed by atoms with Crippen LogP contribution >= 0.6 is 11.3 Å². The zero-order chi connectivity index (χ0) is 20.1. The number of halogens is 2. The van der Waals surface area contributed by atoms with Gasteiger partial charge in [0.05, 0.1) is 10.6 Å². The van der Waals surface area contributed by atoms with Crippen LogP contribution < -0.4 is 5.32 Å². The van der Waals surface area contributed by atoms with E-state index in [4.69, 9.17) is 0 Å². The molecule has 0 bridgehead atoms. The minimum atomic E-state index is -3.88. The number of hydrogen-bond donors (Lipinski definition) is 1. The van der Waals surface area contributed by atoms with Crippen molar-refractivity contribution in [1.82, 2.24) is 0 Å². The van der Waals surface area contributed by atoms with E-state index in [1.807, 2.05) is 0 Å². The summed E-state index contributed by atoms with van der Waals surface area (Å²) in [6, 6.07) is 9.53. The Hall–Kier alpha value is -2.58. The molecular formula is C20H15F2NO3S2. The molecule has 0 spiro atoms. The average molecular weight is 419 g/mol. The van der Waals surface area contributed by atoms with E-state index < -0.39 is 33.3 Å². The van der Waals surface area contributed by atoms with E-state index in [1.54, 1.807) is 25.1 Å². The van der Waals surface area contributed by atoms with Crippen molar-refractivity contribution in [2.24, 2.45) is 0 Å². The molecule has 144 valence electrons. The molecule has 1 aliphatic rings. The minimum absolute atomic E-state index is 0.0343. The second-order valence-corrected chi connectivity index (χ2v) is 9.46. The van der Waals surface area contributed by atoms with Crippen LogP contribution in [-0.4, -0.2) is 14.3 Å². The van der Waals surface area contributed by atoms with Crippen molar-refractivity contribution in [1.29, 1.82) is 0 Å². The lowest BCUT2D eigenvalue weighted by Crippen LogP contribution is -2.24. The van der Waals surface area contributed by atoms with E-state index in [1.165, 1.54) is 11.4 Å². The van der Waals surface area contributed by atoms with Gasteiger partial charge in [-0.3, -0.25) is 4.79 Å². The summed E-state index contributed by atoms with van der Waals surface area (Å²) < 4.78 is 54.2. The fourth-order valence-corrected chi connectivity index (χ4v) is 6.35. The highest BCUT2D eigenvalue weighted by Crippen LogP contribution is 2.46. The van der Waals surface area contributed by atoms with Crippen LogP contribution in [0.5, 0.6) is 0 Å². The molecule has 1 atom stereocenters. The Balaban J connectivity index is 1.87. The van der Waals surface area contributed by atoms with Gasteiger partial charge in [-0.15, -0.1) is 11.3 Å². The molecule has 28 heavy (non-hydrogen) atoms. The number of anilines is 1. The summed E-state index contributed by atoms with van der Waals surface area (Å²) in [6.07, 6.45) is -0.0855. The van der Waals surface area contributed by atoms with Crippen LogP contribution in [-0.2, 0) is 14.6 Å². The topological polar surface area (TPSA) is 63.2 Å². The number of hydrogen-bond acceptors (Lipinski definition) is 4. The number of aryl methyl sites for hydroxylation is 1. The maximum Gasteiger partial charge on any atom is 0.225 e. The van der Waals surface area contributed by atoms with Crippen molar-refractivity contribution in [3.05, 3.63) is 75.5 Å². The first-order valence-corrected chi connectivity index (χ1v) is 10.8. The highest BCUT2D eigenvalue weighted by molar-refractivity contribution is 7.91. The predicted molar refractivity (Wildman–Crippen MR) is 102 cm³/mol. The lowest BCUT2D eigenvalue weighted by molar-refractivity contribution is -0.116. The van der Waals surface area contributed by atoms with Crippen molar-refractivity contribution in [3.63, 3.8) is 0 Å². The van der Waals surface area contributed by atoms with Gasteiger partial charge >= 0.3 is 0 Å². The Bertz CT molecular complexity index is 1200. The van der Waals surface area contributed by atoms with Crippen molar-refractivity contribution in [2.45, 2.75) is 29.1 Å². The minimum Gasteiger partial charge on any atom is -0.324 e. The van der Waals surface area contributed by atoms with Crippen LogP contribution in [0, 0.1) is 18.6 Å². The Morgan fingerprint density at radius 3 is 2.68 bits per heavy atom. The highest BCUT2D eigenvalue weighted by Gasteiger charge is 2.35. The molecule has 1 aromatic heterocycles. The zero-order valence-electron chi connectivity index (χ0n) is 14.7. The summed E-state index contributed by atoms with van der Waals surface area (Å²) >= 11 is 1.11. The summed E-state index contributed by atoms with van der Waals surface area (Å²) in [5.41, 5.74) is 0.975. The van der Waals surface area contributed by atoms with Crippen LogP contribution in [0.3, 0.4) is 0 Å². The predicted octanol–water partition coefficient (Wildman–Crippen LogP) is 4.64. The van der Waals surface area contributed by atoms with Gasteiger partial charge in [-0.05, 0) is 48.4 Å². The first kappa shape index (κ1) is 18.8. The lowest BCUT2D eigenvalue weighted by Gasteiger charge is -2.24. The molecule has 2 aromatic carbocycles. The number of thiophene rings is 1. The second-order valence-electron chi connectivity index (χ2n) is 6.63. The van der Waals surface area contributed by atoms with Gasteiger partial charge in [0.1, 0.15) is 16.5 Å². The highest BCUT2D eigenvalue weighted by atomic mass is 32.2. The van der Waals surface area contributed by atoms with Gasteiger partial charge in [0.15, 0.2) is 0 Å². The first-order valence-electron chi connectivity index (χ1n) is 8.45. The van der Waals surface area contributed by atoms with Crippen LogP contribution in [0.4, 0.5) is 14.5 Å². The first-order chi connectivity index (χ1) is 13.3. The van der Waals surface area contributed by atoms with Gasteiger partial charge in [-0.25, -0.2) is 17.2 Å². The molecule has 3 aromatic rings. The van der Waals surface area contributed by atoms with Gasteiger partial charge in [0, 0.05) is 22.6 Å². The molecule has 1 N–H and O–H groups in total. The van der Waals surface area contributed by atoms with E-state index >= 15 is 0 Å². The summed E-state index contributed by atoms with van der Waals surface area (Å²) in [6.45, 7) is 1.78. The van der Waals surface area contributed by atoms with Crippen LogP contribution in [0.1, 0.15) is 28.3 Å². The number of amides is 1. The van der Waals surface area contributed by atoms with Crippen LogP contribution in [0.25, 0.3) is 0 Å². The average Bonchev–Trinajstić information content (AvgIpc) is 3.07. The third kappa shape index (κ3) is 3.12. The molecule has 4 rings (SSSR count). The summed E-state index contributed by atoms with van der Waals surface area (Å²) in [5.74, 6) is -2.44. The van der Waals surface area contributed by atoms with Crippen LogP contribution in [0.2, 0.25) is 0 Å². The smallest absolute Gasteiger partial charge is 0.225 e. The molecule has 0 fully saturated rings. The van der Waals surface area contributed by atoms with Crippen molar-refractivity contribution < 1.29 is 22.0 Å². The van der Waals surface area contributed by atoms with E-state index in [2.05, 4.69) is 5.32 Å². The molecule has 8 heteroatoms. The Morgan fingerprint density at radius 1 is 1.14 bits per heavy atom. The molecule has 0 unspecified atom stereocenters.